The number of para-hydroxylation sites is 1. The Labute approximate surface area is 122 Å². The molecule has 0 bridgehead atoms. The number of aryl methyl sites for hydroxylation is 1. The van der Waals surface area contributed by atoms with Gasteiger partial charge >= 0.3 is 0 Å². The number of amides is 1. The highest BCUT2D eigenvalue weighted by molar-refractivity contribution is 5.99. The van der Waals surface area contributed by atoms with Crippen molar-refractivity contribution < 1.29 is 4.79 Å². The first-order valence-corrected chi connectivity index (χ1v) is 7.45. The molecule has 1 saturated heterocycles. The van der Waals surface area contributed by atoms with Gasteiger partial charge in [-0.1, -0.05) is 32.9 Å². The van der Waals surface area contributed by atoms with Crippen LogP contribution in [-0.4, -0.2) is 23.9 Å². The molecule has 0 spiro atoms. The van der Waals surface area contributed by atoms with Crippen molar-refractivity contribution in [2.24, 2.45) is 11.3 Å². The number of anilines is 1. The van der Waals surface area contributed by atoms with Crippen LogP contribution in [0.3, 0.4) is 0 Å². The molecule has 0 aliphatic carbocycles. The van der Waals surface area contributed by atoms with Gasteiger partial charge in [-0.15, -0.1) is 0 Å². The summed E-state index contributed by atoms with van der Waals surface area (Å²) in [5, 5.41) is 0. The summed E-state index contributed by atoms with van der Waals surface area (Å²) < 4.78 is 0. The van der Waals surface area contributed by atoms with Gasteiger partial charge in [0.15, 0.2) is 0 Å². The maximum Gasteiger partial charge on any atom is 0.255 e. The molecule has 0 atom stereocenters. The zero-order valence-electron chi connectivity index (χ0n) is 13.1. The Bertz CT molecular complexity index is 494. The van der Waals surface area contributed by atoms with Crippen LogP contribution in [0.4, 0.5) is 5.69 Å². The van der Waals surface area contributed by atoms with Crippen LogP contribution in [0.15, 0.2) is 18.2 Å². The number of nitrogen functional groups attached to an aromatic ring is 1. The fraction of sp³-hybridized carbons (Fsp3) is 0.588. The maximum absolute atomic E-state index is 12.6. The minimum atomic E-state index is 0.0820. The normalized spacial score (nSPS) is 17.3. The summed E-state index contributed by atoms with van der Waals surface area (Å²) in [6.07, 6.45) is 2.17. The smallest absolute Gasteiger partial charge is 0.255 e. The number of carbonyl (C=O) groups excluding carboxylic acids is 1. The molecule has 0 aromatic heterocycles. The van der Waals surface area contributed by atoms with Gasteiger partial charge < -0.3 is 10.6 Å². The van der Waals surface area contributed by atoms with Crippen molar-refractivity contribution in [3.8, 4) is 0 Å². The number of piperidine rings is 1. The molecule has 20 heavy (non-hydrogen) atoms. The van der Waals surface area contributed by atoms with Gasteiger partial charge in [0, 0.05) is 18.8 Å². The van der Waals surface area contributed by atoms with E-state index >= 15 is 0 Å². The van der Waals surface area contributed by atoms with E-state index < -0.39 is 0 Å². The van der Waals surface area contributed by atoms with Crippen molar-refractivity contribution in [2.75, 3.05) is 18.8 Å². The van der Waals surface area contributed by atoms with Gasteiger partial charge in [0.2, 0.25) is 0 Å². The first kappa shape index (κ1) is 14.9. The Kier molecular flexibility index (Phi) is 4.07. The van der Waals surface area contributed by atoms with Gasteiger partial charge in [0.25, 0.3) is 5.91 Å². The molecule has 0 unspecified atom stereocenters. The molecule has 1 amide bonds. The highest BCUT2D eigenvalue weighted by atomic mass is 16.2. The molecular weight excluding hydrogens is 248 g/mol. The fourth-order valence-electron chi connectivity index (χ4n) is 2.99. The first-order valence-electron chi connectivity index (χ1n) is 7.45. The van der Waals surface area contributed by atoms with Crippen molar-refractivity contribution in [1.29, 1.82) is 0 Å². The molecule has 0 saturated carbocycles. The van der Waals surface area contributed by atoms with Gasteiger partial charge in [-0.2, -0.15) is 0 Å². The zero-order valence-corrected chi connectivity index (χ0v) is 13.1. The molecule has 2 N–H and O–H groups in total. The maximum atomic E-state index is 12.6. The Morgan fingerprint density at radius 1 is 1.25 bits per heavy atom. The second kappa shape index (κ2) is 5.47. The van der Waals surface area contributed by atoms with Crippen LogP contribution in [-0.2, 0) is 0 Å². The zero-order chi connectivity index (χ0) is 14.9. The van der Waals surface area contributed by atoms with E-state index in [1.165, 1.54) is 0 Å². The summed E-state index contributed by atoms with van der Waals surface area (Å²) in [5.41, 5.74) is 8.62. The standard InChI is InChI=1S/C17H26N2O/c1-12-6-5-7-14(15(12)18)16(20)19-10-8-13(9-11-19)17(2,3)4/h5-7,13H,8-11,18H2,1-4H3. The highest BCUT2D eigenvalue weighted by Gasteiger charge is 2.31. The third kappa shape index (κ3) is 2.97. The largest absolute Gasteiger partial charge is 0.398 e. The lowest BCUT2D eigenvalue weighted by atomic mass is 9.75. The van der Waals surface area contributed by atoms with Crippen LogP contribution in [0.2, 0.25) is 0 Å². The van der Waals surface area contributed by atoms with Gasteiger partial charge in [-0.25, -0.2) is 0 Å². The van der Waals surface area contributed by atoms with Crippen molar-refractivity contribution in [3.05, 3.63) is 29.3 Å². The third-order valence-corrected chi connectivity index (χ3v) is 4.56. The lowest BCUT2D eigenvalue weighted by Gasteiger charge is -2.38. The minimum absolute atomic E-state index is 0.0820. The van der Waals surface area contributed by atoms with Crippen LogP contribution in [0.5, 0.6) is 0 Å². The lowest BCUT2D eigenvalue weighted by Crippen LogP contribution is -2.41. The first-order chi connectivity index (χ1) is 9.30. The van der Waals surface area contributed by atoms with E-state index in [0.29, 0.717) is 22.6 Å². The number of nitrogens with zero attached hydrogens (tertiary/aromatic N) is 1. The predicted molar refractivity (Wildman–Crippen MR) is 83.7 cm³/mol. The van der Waals surface area contributed by atoms with E-state index in [1.807, 2.05) is 30.0 Å². The van der Waals surface area contributed by atoms with E-state index in [2.05, 4.69) is 20.8 Å². The topological polar surface area (TPSA) is 46.3 Å². The van der Waals surface area contributed by atoms with E-state index in [0.717, 1.165) is 31.5 Å². The molecule has 1 heterocycles. The number of rotatable bonds is 1. The van der Waals surface area contributed by atoms with Crippen LogP contribution in [0, 0.1) is 18.3 Å². The highest BCUT2D eigenvalue weighted by Crippen LogP contribution is 2.34. The Balaban J connectivity index is 2.07. The molecular formula is C17H26N2O. The number of carbonyl (C=O) groups is 1. The van der Waals surface area contributed by atoms with E-state index in [4.69, 9.17) is 5.73 Å². The molecule has 3 nitrogen and oxygen atoms in total. The number of nitrogens with two attached hydrogens (primary N) is 1. The predicted octanol–water partition coefficient (Wildman–Crippen LogP) is 3.48. The van der Waals surface area contributed by atoms with Gasteiger partial charge in [0.05, 0.1) is 5.56 Å². The number of hydrogen-bond donors (Lipinski definition) is 1. The molecule has 2 rings (SSSR count). The summed E-state index contributed by atoms with van der Waals surface area (Å²) in [7, 11) is 0. The average Bonchev–Trinajstić information content (AvgIpc) is 2.40. The Hall–Kier alpha value is -1.51. The van der Waals surface area contributed by atoms with Crippen LogP contribution < -0.4 is 5.73 Å². The molecule has 0 radical (unpaired) electrons. The molecule has 1 fully saturated rings. The van der Waals surface area contributed by atoms with Crippen LogP contribution in [0.1, 0.15) is 49.5 Å². The van der Waals surface area contributed by atoms with E-state index in [-0.39, 0.29) is 5.91 Å². The van der Waals surface area contributed by atoms with Gasteiger partial charge in [-0.3, -0.25) is 4.79 Å². The second-order valence-electron chi connectivity index (χ2n) is 6.97. The summed E-state index contributed by atoms with van der Waals surface area (Å²) in [6, 6.07) is 5.68. The monoisotopic (exact) mass is 274 g/mol. The van der Waals surface area contributed by atoms with Crippen molar-refractivity contribution in [3.63, 3.8) is 0 Å². The SMILES string of the molecule is Cc1cccc(C(=O)N2CCC(C(C)(C)C)CC2)c1N. The van der Waals surface area contributed by atoms with E-state index in [9.17, 15) is 4.79 Å². The summed E-state index contributed by atoms with van der Waals surface area (Å²) in [5.74, 6) is 0.778. The summed E-state index contributed by atoms with van der Waals surface area (Å²) in [6.45, 7) is 10.5. The number of benzene rings is 1. The summed E-state index contributed by atoms with van der Waals surface area (Å²) >= 11 is 0. The quantitative estimate of drug-likeness (QED) is 0.797. The molecule has 1 aromatic carbocycles. The van der Waals surface area contributed by atoms with Gasteiger partial charge in [-0.05, 0) is 42.7 Å². The average molecular weight is 274 g/mol. The molecule has 3 heteroatoms. The fourth-order valence-corrected chi connectivity index (χ4v) is 2.99. The lowest BCUT2D eigenvalue weighted by molar-refractivity contribution is 0.0609. The second-order valence-corrected chi connectivity index (χ2v) is 6.97. The number of hydrogen-bond acceptors (Lipinski definition) is 2. The molecule has 1 aromatic rings. The molecule has 110 valence electrons. The van der Waals surface area contributed by atoms with E-state index in [1.54, 1.807) is 0 Å². The van der Waals surface area contributed by atoms with Crippen LogP contribution in [0.25, 0.3) is 0 Å². The molecule has 1 aliphatic heterocycles. The van der Waals surface area contributed by atoms with Crippen molar-refractivity contribution in [1.82, 2.24) is 4.90 Å². The Morgan fingerprint density at radius 2 is 1.85 bits per heavy atom. The van der Waals surface area contributed by atoms with Gasteiger partial charge in [0.1, 0.15) is 0 Å². The van der Waals surface area contributed by atoms with Crippen molar-refractivity contribution >= 4 is 11.6 Å². The van der Waals surface area contributed by atoms with Crippen molar-refractivity contribution in [2.45, 2.75) is 40.5 Å². The molecule has 1 aliphatic rings. The summed E-state index contributed by atoms with van der Waals surface area (Å²) in [4.78, 5) is 14.5. The Morgan fingerprint density at radius 3 is 2.40 bits per heavy atom. The van der Waals surface area contributed by atoms with Crippen LogP contribution >= 0.6 is 0 Å². The minimum Gasteiger partial charge on any atom is -0.398 e. The third-order valence-electron chi connectivity index (χ3n) is 4.56. The number of likely N-dealkylation sites (tertiary alicyclic amines) is 1.